The van der Waals surface area contributed by atoms with Crippen molar-refractivity contribution < 1.29 is 9.47 Å². The average molecular weight is 601 g/mol. The van der Waals surface area contributed by atoms with Crippen molar-refractivity contribution in [2.75, 3.05) is 14.2 Å². The maximum Gasteiger partial charge on any atom is 0.0657 e. The number of rotatable bonds is 20. The van der Waals surface area contributed by atoms with Gasteiger partial charge in [-0.3, -0.25) is 0 Å². The van der Waals surface area contributed by atoms with Gasteiger partial charge in [-0.2, -0.15) is 0 Å². The number of hydrogen-bond acceptors (Lipinski definition) is 2. The Labute approximate surface area is 272 Å². The van der Waals surface area contributed by atoms with Crippen LogP contribution in [0.4, 0.5) is 0 Å². The minimum atomic E-state index is -0.120. The highest BCUT2D eigenvalue weighted by Crippen LogP contribution is 2.19. The molecule has 0 aliphatic heterocycles. The molecule has 0 aromatic heterocycles. The van der Waals surface area contributed by atoms with Gasteiger partial charge in [0, 0.05) is 14.2 Å². The van der Waals surface area contributed by atoms with Gasteiger partial charge in [-0.25, -0.2) is 0 Å². The highest BCUT2D eigenvalue weighted by atomic mass is 16.5. The van der Waals surface area contributed by atoms with Gasteiger partial charge in [0.1, 0.15) is 0 Å². The Morgan fingerprint density at radius 2 is 0.977 bits per heavy atom. The van der Waals surface area contributed by atoms with Crippen LogP contribution in [-0.2, 0) is 9.47 Å². The van der Waals surface area contributed by atoms with E-state index in [1.165, 1.54) is 39.9 Å². The van der Waals surface area contributed by atoms with E-state index in [0.29, 0.717) is 0 Å². The molecule has 0 saturated carbocycles. The molecule has 244 valence electrons. The van der Waals surface area contributed by atoms with Crippen LogP contribution in [0.2, 0.25) is 0 Å². The van der Waals surface area contributed by atoms with Gasteiger partial charge < -0.3 is 9.47 Å². The lowest BCUT2D eigenvalue weighted by atomic mass is 9.98. The smallest absolute Gasteiger partial charge is 0.0657 e. The summed E-state index contributed by atoms with van der Waals surface area (Å²) >= 11 is 0. The Bertz CT molecular complexity index is 1160. The zero-order valence-corrected chi connectivity index (χ0v) is 30.3. The minimum Gasteiger partial charge on any atom is -0.379 e. The minimum absolute atomic E-state index is 0.0184. The summed E-state index contributed by atoms with van der Waals surface area (Å²) in [6.07, 6.45) is 40.9. The number of hydrogen-bond donors (Lipinski definition) is 0. The Kier molecular flexibility index (Phi) is 21.9. The molecule has 0 unspecified atom stereocenters. The lowest BCUT2D eigenvalue weighted by Gasteiger charge is -2.22. The fourth-order valence-corrected chi connectivity index (χ4v) is 3.94. The SMILES string of the molecule is COC(C)(C)CC=CC(C)=CC=CC(C)=CC=CC(C)=CC=CC=C(C)C=CC=C(C)CCC=C(C)CCCC(C)(C)OC. The Morgan fingerprint density at radius 1 is 0.523 bits per heavy atom. The lowest BCUT2D eigenvalue weighted by Crippen LogP contribution is -2.21. The second kappa shape index (κ2) is 23.4. The van der Waals surface area contributed by atoms with Crippen LogP contribution in [0.25, 0.3) is 0 Å². The summed E-state index contributed by atoms with van der Waals surface area (Å²) in [6.45, 7) is 21.4. The number of methoxy groups -OCH3 is 2. The molecule has 0 amide bonds. The average Bonchev–Trinajstić information content (AvgIpc) is 2.95. The first-order chi connectivity index (χ1) is 20.7. The van der Waals surface area contributed by atoms with E-state index in [9.17, 15) is 0 Å². The van der Waals surface area contributed by atoms with Crippen molar-refractivity contribution in [2.24, 2.45) is 0 Å². The third-order valence-electron chi connectivity index (χ3n) is 7.48. The number of allylic oxidation sites excluding steroid dienone is 21. The molecule has 2 nitrogen and oxygen atoms in total. The largest absolute Gasteiger partial charge is 0.379 e. The Balaban J connectivity index is 4.64. The molecule has 0 N–H and O–H groups in total. The second-order valence-corrected chi connectivity index (χ2v) is 13.1. The maximum atomic E-state index is 5.52. The monoisotopic (exact) mass is 600 g/mol. The molecular weight excluding hydrogens is 536 g/mol. The summed E-state index contributed by atoms with van der Waals surface area (Å²) in [5.74, 6) is 0. The van der Waals surface area contributed by atoms with E-state index in [-0.39, 0.29) is 11.2 Å². The van der Waals surface area contributed by atoms with Gasteiger partial charge in [0.05, 0.1) is 11.2 Å². The highest BCUT2D eigenvalue weighted by molar-refractivity contribution is 5.32. The molecule has 0 aromatic carbocycles. The van der Waals surface area contributed by atoms with Crippen molar-refractivity contribution in [3.8, 4) is 0 Å². The first-order valence-electron chi connectivity index (χ1n) is 16.2. The van der Waals surface area contributed by atoms with Crippen LogP contribution < -0.4 is 0 Å². The van der Waals surface area contributed by atoms with Gasteiger partial charge in [0.2, 0.25) is 0 Å². The molecule has 0 fully saturated rings. The molecule has 0 aliphatic rings. The molecule has 44 heavy (non-hydrogen) atoms. The quantitative estimate of drug-likeness (QED) is 0.102. The third kappa shape index (κ3) is 24.5. The zero-order valence-electron chi connectivity index (χ0n) is 30.3. The van der Waals surface area contributed by atoms with E-state index in [4.69, 9.17) is 9.47 Å². The summed E-state index contributed by atoms with van der Waals surface area (Å²) in [6, 6.07) is 0. The molecular formula is C42H64O2. The molecule has 0 bridgehead atoms. The molecule has 0 saturated heterocycles. The van der Waals surface area contributed by atoms with Crippen LogP contribution in [0, 0.1) is 0 Å². The second-order valence-electron chi connectivity index (χ2n) is 13.1. The first-order valence-corrected chi connectivity index (χ1v) is 16.2. The molecule has 0 aromatic rings. The van der Waals surface area contributed by atoms with E-state index in [2.05, 4.69) is 166 Å². The third-order valence-corrected chi connectivity index (χ3v) is 7.48. The molecule has 2 heteroatoms. The van der Waals surface area contributed by atoms with E-state index >= 15 is 0 Å². The predicted octanol–water partition coefficient (Wildman–Crippen LogP) is 12.6. The van der Waals surface area contributed by atoms with Crippen molar-refractivity contribution in [2.45, 2.75) is 119 Å². The lowest BCUT2D eigenvalue weighted by molar-refractivity contribution is 0.0140. The fourth-order valence-electron chi connectivity index (χ4n) is 3.94. The van der Waals surface area contributed by atoms with Crippen LogP contribution in [-0.4, -0.2) is 25.4 Å². The van der Waals surface area contributed by atoms with Gasteiger partial charge in [-0.05, 0) is 108 Å². The maximum absolute atomic E-state index is 5.52. The number of ether oxygens (including phenoxy) is 2. The molecule has 0 atom stereocenters. The van der Waals surface area contributed by atoms with E-state index in [1.54, 1.807) is 14.2 Å². The molecule has 0 aliphatic carbocycles. The highest BCUT2D eigenvalue weighted by Gasteiger charge is 2.15. The van der Waals surface area contributed by atoms with Gasteiger partial charge in [-0.1, -0.05) is 131 Å². The van der Waals surface area contributed by atoms with Crippen molar-refractivity contribution in [1.29, 1.82) is 0 Å². The molecule has 0 spiro atoms. The fraction of sp³-hybridized carbons (Fsp3) is 0.476. The normalized spacial score (nSPS) is 15.9. The van der Waals surface area contributed by atoms with Crippen molar-refractivity contribution in [3.05, 3.63) is 131 Å². The van der Waals surface area contributed by atoms with Crippen LogP contribution in [0.1, 0.15) is 108 Å². The van der Waals surface area contributed by atoms with Gasteiger partial charge >= 0.3 is 0 Å². The van der Waals surface area contributed by atoms with E-state index in [1.807, 2.05) is 0 Å². The molecule has 0 radical (unpaired) electrons. The zero-order chi connectivity index (χ0) is 33.4. The Hall–Kier alpha value is -2.94. The van der Waals surface area contributed by atoms with Crippen LogP contribution in [0.5, 0.6) is 0 Å². The van der Waals surface area contributed by atoms with E-state index < -0.39 is 0 Å². The van der Waals surface area contributed by atoms with Gasteiger partial charge in [-0.15, -0.1) is 0 Å². The van der Waals surface area contributed by atoms with E-state index in [0.717, 1.165) is 32.1 Å². The topological polar surface area (TPSA) is 18.5 Å². The first kappa shape index (κ1) is 41.1. The van der Waals surface area contributed by atoms with Gasteiger partial charge in [0.25, 0.3) is 0 Å². The van der Waals surface area contributed by atoms with Crippen LogP contribution in [0.3, 0.4) is 0 Å². The summed E-state index contributed by atoms with van der Waals surface area (Å²) in [5.41, 5.74) is 7.61. The summed E-state index contributed by atoms with van der Waals surface area (Å²) < 4.78 is 11.0. The van der Waals surface area contributed by atoms with Crippen molar-refractivity contribution in [3.63, 3.8) is 0 Å². The predicted molar refractivity (Wildman–Crippen MR) is 198 cm³/mol. The summed E-state index contributed by atoms with van der Waals surface area (Å²) in [4.78, 5) is 0. The van der Waals surface area contributed by atoms with Crippen molar-refractivity contribution in [1.82, 2.24) is 0 Å². The summed E-state index contributed by atoms with van der Waals surface area (Å²) in [5, 5.41) is 0. The standard InChI is InChI=1S/C42H64O2/c1-35(23-15-25-37(3)27-17-29-39(5)31-19-33-41(7,8)43-11)21-13-14-22-36(2)24-16-26-38(4)28-18-30-40(6)32-20-34-42(9,10)44-12/h13-17,19,21-27,29-31H,18,20,28,32-34H2,1-12H3. The Morgan fingerprint density at radius 3 is 1.48 bits per heavy atom. The summed E-state index contributed by atoms with van der Waals surface area (Å²) in [7, 11) is 3.55. The van der Waals surface area contributed by atoms with Gasteiger partial charge in [0.15, 0.2) is 0 Å². The van der Waals surface area contributed by atoms with Crippen molar-refractivity contribution >= 4 is 0 Å². The van der Waals surface area contributed by atoms with Crippen LogP contribution >= 0.6 is 0 Å². The molecule has 0 heterocycles. The van der Waals surface area contributed by atoms with Crippen LogP contribution in [0.15, 0.2) is 131 Å². The molecule has 0 rings (SSSR count).